The lowest BCUT2D eigenvalue weighted by Crippen LogP contribution is -2.39. The lowest BCUT2D eigenvalue weighted by atomic mass is 9.93. The number of carbonyl (C=O) groups excluding carboxylic acids is 1. The molecule has 1 atom stereocenters. The molecule has 38 heavy (non-hydrogen) atoms. The number of thiazole rings is 1. The van der Waals surface area contributed by atoms with Gasteiger partial charge >= 0.3 is 5.97 Å². The van der Waals surface area contributed by atoms with E-state index in [1.807, 2.05) is 42.5 Å². The van der Waals surface area contributed by atoms with Gasteiger partial charge in [-0.15, -0.1) is 0 Å². The number of fused-ring (bicyclic) bond motifs is 1. The van der Waals surface area contributed by atoms with Gasteiger partial charge < -0.3 is 9.47 Å². The van der Waals surface area contributed by atoms with Crippen molar-refractivity contribution in [3.8, 4) is 5.75 Å². The zero-order valence-corrected chi connectivity index (χ0v) is 25.6. The van der Waals surface area contributed by atoms with Crippen molar-refractivity contribution in [2.75, 3.05) is 13.2 Å². The van der Waals surface area contributed by atoms with Gasteiger partial charge in [0.1, 0.15) is 12.4 Å². The van der Waals surface area contributed by atoms with Gasteiger partial charge in [-0.05, 0) is 86.5 Å². The molecule has 2 aromatic carbocycles. The third-order valence-electron chi connectivity index (χ3n) is 6.10. The average molecular weight is 660 g/mol. The number of hydrogen-bond acceptors (Lipinski definition) is 6. The van der Waals surface area contributed by atoms with Crippen LogP contribution in [0.5, 0.6) is 5.75 Å². The molecule has 6 nitrogen and oxygen atoms in total. The van der Waals surface area contributed by atoms with Crippen molar-refractivity contribution in [1.82, 2.24) is 4.57 Å². The molecule has 1 aliphatic heterocycles. The highest BCUT2D eigenvalue weighted by molar-refractivity contribution is 9.11. The summed E-state index contributed by atoms with van der Waals surface area (Å²) < 4.78 is 14.7. The largest absolute Gasteiger partial charge is 0.487 e. The summed E-state index contributed by atoms with van der Waals surface area (Å²) in [5, 5.41) is 0. The number of aromatic nitrogens is 1. The summed E-state index contributed by atoms with van der Waals surface area (Å²) in [5.41, 5.74) is 3.50. The van der Waals surface area contributed by atoms with Crippen LogP contribution < -0.4 is 19.6 Å². The van der Waals surface area contributed by atoms with Crippen LogP contribution in [0.15, 0.2) is 79.1 Å². The number of carbonyl (C=O) groups is 1. The van der Waals surface area contributed by atoms with Crippen LogP contribution in [0.3, 0.4) is 0 Å². The Morgan fingerprint density at radius 2 is 1.87 bits per heavy atom. The smallest absolute Gasteiger partial charge is 0.338 e. The molecule has 1 aromatic heterocycles. The van der Waals surface area contributed by atoms with Gasteiger partial charge in [-0.3, -0.25) is 9.36 Å². The summed E-state index contributed by atoms with van der Waals surface area (Å²) in [7, 11) is 0. The molecule has 0 fully saturated rings. The van der Waals surface area contributed by atoms with E-state index in [-0.39, 0.29) is 12.2 Å². The number of esters is 1. The molecule has 198 valence electrons. The van der Waals surface area contributed by atoms with Gasteiger partial charge in [-0.1, -0.05) is 62.1 Å². The molecule has 0 bridgehead atoms. The maximum absolute atomic E-state index is 13.8. The molecule has 2 heterocycles. The van der Waals surface area contributed by atoms with Crippen LogP contribution in [0, 0.1) is 0 Å². The number of halogens is 2. The maximum Gasteiger partial charge on any atom is 0.338 e. The van der Waals surface area contributed by atoms with Crippen molar-refractivity contribution in [2.24, 2.45) is 4.99 Å². The average Bonchev–Trinajstić information content (AvgIpc) is 3.17. The zero-order valence-electron chi connectivity index (χ0n) is 21.6. The number of nitrogens with zero attached hydrogens (tertiary/aromatic N) is 2. The van der Waals surface area contributed by atoms with Crippen molar-refractivity contribution in [3.63, 3.8) is 0 Å². The predicted molar refractivity (Wildman–Crippen MR) is 158 cm³/mol. The van der Waals surface area contributed by atoms with Crippen LogP contribution in [-0.2, 0) is 9.53 Å². The summed E-state index contributed by atoms with van der Waals surface area (Å²) in [4.78, 5) is 32.1. The Kier molecular flexibility index (Phi) is 8.90. The minimum absolute atomic E-state index is 0.222. The van der Waals surface area contributed by atoms with Gasteiger partial charge in [0, 0.05) is 0 Å². The van der Waals surface area contributed by atoms with E-state index in [2.05, 4.69) is 57.3 Å². The van der Waals surface area contributed by atoms with E-state index < -0.39 is 12.0 Å². The van der Waals surface area contributed by atoms with Crippen LogP contribution in [0.1, 0.15) is 56.3 Å². The minimum Gasteiger partial charge on any atom is -0.487 e. The summed E-state index contributed by atoms with van der Waals surface area (Å²) in [6, 6.07) is 11.2. The van der Waals surface area contributed by atoms with Crippen molar-refractivity contribution >= 4 is 55.2 Å². The molecule has 1 aliphatic rings. The Bertz CT molecular complexity index is 1580. The number of benzene rings is 2. The fourth-order valence-corrected chi connectivity index (χ4v) is 6.76. The molecule has 0 N–H and O–H groups in total. The summed E-state index contributed by atoms with van der Waals surface area (Å²) in [6.07, 6.45) is 3.49. The first-order valence-corrected chi connectivity index (χ1v) is 14.6. The van der Waals surface area contributed by atoms with Gasteiger partial charge in [0.15, 0.2) is 4.80 Å². The van der Waals surface area contributed by atoms with Gasteiger partial charge in [0.25, 0.3) is 5.56 Å². The number of ether oxygens (including phenoxy) is 2. The number of rotatable bonds is 8. The van der Waals surface area contributed by atoms with Gasteiger partial charge in [0.2, 0.25) is 0 Å². The van der Waals surface area contributed by atoms with Gasteiger partial charge in [0.05, 0.1) is 37.4 Å². The van der Waals surface area contributed by atoms with E-state index in [1.54, 1.807) is 24.5 Å². The third-order valence-corrected chi connectivity index (χ3v) is 8.26. The molecule has 0 unspecified atom stereocenters. The van der Waals surface area contributed by atoms with E-state index in [9.17, 15) is 9.59 Å². The minimum atomic E-state index is -0.637. The van der Waals surface area contributed by atoms with Crippen molar-refractivity contribution in [2.45, 2.75) is 39.7 Å². The van der Waals surface area contributed by atoms with Crippen LogP contribution >= 0.6 is 43.2 Å². The van der Waals surface area contributed by atoms with Crippen molar-refractivity contribution in [1.29, 1.82) is 0 Å². The second-order valence-corrected chi connectivity index (χ2v) is 11.8. The molecule has 4 rings (SSSR count). The zero-order chi connectivity index (χ0) is 27.6. The lowest BCUT2D eigenvalue weighted by Gasteiger charge is -2.25. The third kappa shape index (κ3) is 5.65. The molecule has 0 aliphatic carbocycles. The van der Waals surface area contributed by atoms with E-state index in [1.165, 1.54) is 16.9 Å². The van der Waals surface area contributed by atoms with E-state index in [4.69, 9.17) is 9.47 Å². The van der Waals surface area contributed by atoms with E-state index in [0.717, 1.165) is 20.1 Å². The predicted octanol–water partition coefficient (Wildman–Crippen LogP) is 6.01. The molecular formula is C29H28Br2N2O4S. The highest BCUT2D eigenvalue weighted by Gasteiger charge is 2.33. The fourth-order valence-electron chi connectivity index (χ4n) is 4.26. The normalized spacial score (nSPS) is 15.3. The second kappa shape index (κ2) is 12.0. The molecule has 0 amide bonds. The Morgan fingerprint density at radius 1 is 1.21 bits per heavy atom. The fraction of sp³-hybridized carbons (Fsp3) is 0.276. The van der Waals surface area contributed by atoms with E-state index in [0.29, 0.717) is 38.9 Å². The Morgan fingerprint density at radius 3 is 2.45 bits per heavy atom. The summed E-state index contributed by atoms with van der Waals surface area (Å²) in [6.45, 7) is 12.1. The highest BCUT2D eigenvalue weighted by Crippen LogP contribution is 2.35. The molecule has 0 radical (unpaired) electrons. The Balaban J connectivity index is 1.88. The summed E-state index contributed by atoms with van der Waals surface area (Å²) in [5.74, 6) is 0.548. The van der Waals surface area contributed by atoms with Gasteiger partial charge in [-0.2, -0.15) is 0 Å². The number of hydrogen-bond donors (Lipinski definition) is 0. The lowest BCUT2D eigenvalue weighted by molar-refractivity contribution is -0.139. The van der Waals surface area contributed by atoms with Crippen molar-refractivity contribution in [3.05, 3.63) is 106 Å². The monoisotopic (exact) mass is 658 g/mol. The van der Waals surface area contributed by atoms with Crippen LogP contribution in [0.25, 0.3) is 6.08 Å². The Hall–Kier alpha value is -2.75. The van der Waals surface area contributed by atoms with Crippen molar-refractivity contribution < 1.29 is 14.3 Å². The first-order valence-electron chi connectivity index (χ1n) is 12.2. The second-order valence-electron chi connectivity index (χ2n) is 9.04. The summed E-state index contributed by atoms with van der Waals surface area (Å²) >= 11 is 8.40. The first-order chi connectivity index (χ1) is 18.2. The molecular weight excluding hydrogens is 632 g/mol. The molecule has 3 aromatic rings. The van der Waals surface area contributed by atoms with E-state index >= 15 is 0 Å². The highest BCUT2D eigenvalue weighted by atomic mass is 79.9. The van der Waals surface area contributed by atoms with Gasteiger partial charge in [-0.25, -0.2) is 9.79 Å². The first kappa shape index (κ1) is 28.3. The van der Waals surface area contributed by atoms with Crippen LogP contribution in [0.4, 0.5) is 0 Å². The topological polar surface area (TPSA) is 69.9 Å². The number of allylic oxidation sites excluding steroid dienone is 1. The standard InChI is InChI=1S/C29H28Br2N2O4S/c1-6-12-37-26-21(30)13-18(14-22(26)31)15-23-27(34)33-25(20-10-8-19(9-11-20)16(3)4)24(28(35)36-7-2)17(5)32-29(33)38-23/h6,8-11,13-16,25H,1,7,12H2,2-5H3/b23-15-/t25-/m0/s1. The maximum atomic E-state index is 13.8. The molecule has 0 saturated heterocycles. The van der Waals surface area contributed by atoms with Crippen LogP contribution in [-0.4, -0.2) is 23.8 Å². The molecule has 0 spiro atoms. The Labute approximate surface area is 242 Å². The molecule has 9 heteroatoms. The quantitative estimate of drug-likeness (QED) is 0.219. The van der Waals surface area contributed by atoms with Crippen LogP contribution in [0.2, 0.25) is 0 Å². The SMILES string of the molecule is C=CCOc1c(Br)cc(/C=c2\sc3n(c2=O)[C@@H](c2ccc(C(C)C)cc2)C(C(=O)OCC)=C(C)N=3)cc1Br. The molecule has 0 saturated carbocycles.